The Morgan fingerprint density at radius 2 is 1.80 bits per heavy atom. The summed E-state index contributed by atoms with van der Waals surface area (Å²) in [6.45, 7) is 1.52. The molecule has 15 heavy (non-hydrogen) atoms. The molecule has 0 saturated carbocycles. The van der Waals surface area contributed by atoms with Crippen molar-refractivity contribution in [1.82, 2.24) is 0 Å². The summed E-state index contributed by atoms with van der Waals surface area (Å²) in [5.74, 6) is 0.319. The number of aliphatic hydroxyl groups is 1. The van der Waals surface area contributed by atoms with E-state index < -0.39 is 0 Å². The molecule has 1 aromatic carbocycles. The van der Waals surface area contributed by atoms with Gasteiger partial charge in [0, 0.05) is 18.2 Å². The Morgan fingerprint density at radius 1 is 1.20 bits per heavy atom. The van der Waals surface area contributed by atoms with Crippen LogP contribution in [0.5, 0.6) is 0 Å². The summed E-state index contributed by atoms with van der Waals surface area (Å²) in [6, 6.07) is 7.42. The summed E-state index contributed by atoms with van der Waals surface area (Å²) in [5.41, 5.74) is 0.950. The molecule has 0 aromatic heterocycles. The third kappa shape index (κ3) is 2.71. The molecule has 3 heteroatoms. The first-order valence-electron chi connectivity index (χ1n) is 5.28. The van der Waals surface area contributed by atoms with Gasteiger partial charge in [0.05, 0.1) is 6.10 Å². The number of halogens is 1. The van der Waals surface area contributed by atoms with Crippen molar-refractivity contribution in [3.8, 4) is 0 Å². The van der Waals surface area contributed by atoms with Gasteiger partial charge in [-0.3, -0.25) is 0 Å². The van der Waals surface area contributed by atoms with E-state index in [0.717, 1.165) is 31.6 Å². The van der Waals surface area contributed by atoms with E-state index in [2.05, 4.69) is 0 Å². The van der Waals surface area contributed by atoms with Crippen LogP contribution in [0.15, 0.2) is 24.3 Å². The molecular formula is C12H15ClO2. The molecule has 1 aliphatic heterocycles. The minimum atomic E-state index is -0.383. The molecular weight excluding hydrogens is 212 g/mol. The molecule has 0 amide bonds. The lowest BCUT2D eigenvalue weighted by Gasteiger charge is -2.26. The Hall–Kier alpha value is -0.570. The molecule has 1 heterocycles. The van der Waals surface area contributed by atoms with Crippen LogP contribution in [-0.4, -0.2) is 18.3 Å². The fourth-order valence-corrected chi connectivity index (χ4v) is 2.09. The van der Waals surface area contributed by atoms with Crippen LogP contribution < -0.4 is 0 Å². The molecule has 2 rings (SSSR count). The summed E-state index contributed by atoms with van der Waals surface area (Å²) in [6.07, 6.45) is 1.49. The Labute approximate surface area is 94.8 Å². The van der Waals surface area contributed by atoms with Gasteiger partial charge in [0.2, 0.25) is 0 Å². The van der Waals surface area contributed by atoms with Crippen LogP contribution in [-0.2, 0) is 4.74 Å². The number of ether oxygens (including phenoxy) is 1. The second-order valence-corrected chi connectivity index (χ2v) is 4.38. The maximum atomic E-state index is 10.1. The lowest BCUT2D eigenvalue weighted by Crippen LogP contribution is -2.21. The van der Waals surface area contributed by atoms with Crippen molar-refractivity contribution in [3.05, 3.63) is 34.9 Å². The van der Waals surface area contributed by atoms with Gasteiger partial charge in [0.15, 0.2) is 0 Å². The molecule has 1 aromatic rings. The molecule has 1 atom stereocenters. The van der Waals surface area contributed by atoms with Crippen LogP contribution in [0.4, 0.5) is 0 Å². The number of aliphatic hydroxyl groups excluding tert-OH is 1. The van der Waals surface area contributed by atoms with Crippen LogP contribution in [0.1, 0.15) is 24.5 Å². The predicted octanol–water partition coefficient (Wildman–Crippen LogP) is 2.80. The first kappa shape index (κ1) is 10.9. The van der Waals surface area contributed by atoms with Gasteiger partial charge in [-0.05, 0) is 36.5 Å². The monoisotopic (exact) mass is 226 g/mol. The number of rotatable bonds is 2. The van der Waals surface area contributed by atoms with Crippen molar-refractivity contribution >= 4 is 11.6 Å². The summed E-state index contributed by atoms with van der Waals surface area (Å²) in [4.78, 5) is 0. The van der Waals surface area contributed by atoms with Crippen molar-refractivity contribution < 1.29 is 9.84 Å². The van der Waals surface area contributed by atoms with Crippen LogP contribution in [0.2, 0.25) is 5.02 Å². The zero-order valence-corrected chi connectivity index (χ0v) is 9.28. The van der Waals surface area contributed by atoms with Gasteiger partial charge in [-0.15, -0.1) is 0 Å². The summed E-state index contributed by atoms with van der Waals surface area (Å²) in [7, 11) is 0. The minimum Gasteiger partial charge on any atom is -0.388 e. The molecule has 1 saturated heterocycles. The third-order valence-corrected chi connectivity index (χ3v) is 3.18. The van der Waals surface area contributed by atoms with Crippen molar-refractivity contribution in [2.45, 2.75) is 18.9 Å². The van der Waals surface area contributed by atoms with E-state index in [-0.39, 0.29) is 6.10 Å². The van der Waals surface area contributed by atoms with E-state index in [1.54, 1.807) is 0 Å². The van der Waals surface area contributed by atoms with Crippen LogP contribution in [0.25, 0.3) is 0 Å². The van der Waals surface area contributed by atoms with Gasteiger partial charge in [0.25, 0.3) is 0 Å². The lowest BCUT2D eigenvalue weighted by molar-refractivity contribution is 0.00719. The average Bonchev–Trinajstić information content (AvgIpc) is 2.30. The van der Waals surface area contributed by atoms with Gasteiger partial charge < -0.3 is 9.84 Å². The smallest absolute Gasteiger partial charge is 0.0819 e. The zero-order valence-electron chi connectivity index (χ0n) is 8.53. The largest absolute Gasteiger partial charge is 0.388 e. The van der Waals surface area contributed by atoms with Crippen molar-refractivity contribution in [2.24, 2.45) is 5.92 Å². The van der Waals surface area contributed by atoms with Crippen LogP contribution >= 0.6 is 11.6 Å². The predicted molar refractivity (Wildman–Crippen MR) is 60.0 cm³/mol. The quantitative estimate of drug-likeness (QED) is 0.841. The Bertz CT molecular complexity index is 304. The van der Waals surface area contributed by atoms with Crippen molar-refractivity contribution in [1.29, 1.82) is 0 Å². The molecule has 82 valence electrons. The summed E-state index contributed by atoms with van der Waals surface area (Å²) >= 11 is 5.80. The molecule has 0 unspecified atom stereocenters. The average molecular weight is 227 g/mol. The molecule has 0 aliphatic carbocycles. The zero-order chi connectivity index (χ0) is 10.7. The highest BCUT2D eigenvalue weighted by Gasteiger charge is 2.23. The third-order valence-electron chi connectivity index (χ3n) is 2.92. The van der Waals surface area contributed by atoms with E-state index >= 15 is 0 Å². The normalized spacial score (nSPS) is 20.1. The van der Waals surface area contributed by atoms with E-state index in [4.69, 9.17) is 16.3 Å². The van der Waals surface area contributed by atoms with E-state index in [1.165, 1.54) is 0 Å². The highest BCUT2D eigenvalue weighted by atomic mass is 35.5. The van der Waals surface area contributed by atoms with Crippen LogP contribution in [0, 0.1) is 5.92 Å². The van der Waals surface area contributed by atoms with Crippen molar-refractivity contribution in [3.63, 3.8) is 0 Å². The SMILES string of the molecule is O[C@@H](c1ccc(Cl)cc1)C1CCOCC1. The standard InChI is InChI=1S/C12H15ClO2/c13-11-3-1-9(2-4-11)12(14)10-5-7-15-8-6-10/h1-4,10,12,14H,5-8H2/t12-/m0/s1. The highest BCUT2D eigenvalue weighted by Crippen LogP contribution is 2.30. The number of hydrogen-bond acceptors (Lipinski definition) is 2. The van der Waals surface area contributed by atoms with Gasteiger partial charge in [-0.2, -0.15) is 0 Å². The number of benzene rings is 1. The molecule has 1 N–H and O–H groups in total. The van der Waals surface area contributed by atoms with E-state index in [0.29, 0.717) is 10.9 Å². The van der Waals surface area contributed by atoms with Gasteiger partial charge in [-0.25, -0.2) is 0 Å². The molecule has 1 fully saturated rings. The van der Waals surface area contributed by atoms with Crippen molar-refractivity contribution in [2.75, 3.05) is 13.2 Å². The first-order valence-corrected chi connectivity index (χ1v) is 5.66. The minimum absolute atomic E-state index is 0.319. The number of hydrogen-bond donors (Lipinski definition) is 1. The van der Waals surface area contributed by atoms with Gasteiger partial charge in [0.1, 0.15) is 0 Å². The van der Waals surface area contributed by atoms with E-state index in [9.17, 15) is 5.11 Å². The fraction of sp³-hybridized carbons (Fsp3) is 0.500. The molecule has 0 bridgehead atoms. The molecule has 0 spiro atoms. The summed E-state index contributed by atoms with van der Waals surface area (Å²) in [5, 5.41) is 10.8. The lowest BCUT2D eigenvalue weighted by atomic mass is 9.89. The van der Waals surface area contributed by atoms with Crippen LogP contribution in [0.3, 0.4) is 0 Å². The molecule has 0 radical (unpaired) electrons. The first-order chi connectivity index (χ1) is 7.27. The Kier molecular flexibility index (Phi) is 3.62. The topological polar surface area (TPSA) is 29.5 Å². The fourth-order valence-electron chi connectivity index (χ4n) is 1.96. The summed E-state index contributed by atoms with van der Waals surface area (Å²) < 4.78 is 5.27. The Balaban J connectivity index is 2.05. The maximum absolute atomic E-state index is 10.1. The second-order valence-electron chi connectivity index (χ2n) is 3.95. The molecule has 1 aliphatic rings. The second kappa shape index (κ2) is 4.97. The Morgan fingerprint density at radius 3 is 2.40 bits per heavy atom. The molecule has 2 nitrogen and oxygen atoms in total. The van der Waals surface area contributed by atoms with E-state index in [1.807, 2.05) is 24.3 Å². The van der Waals surface area contributed by atoms with Gasteiger partial charge >= 0.3 is 0 Å². The van der Waals surface area contributed by atoms with Gasteiger partial charge in [-0.1, -0.05) is 23.7 Å². The maximum Gasteiger partial charge on any atom is 0.0819 e. The highest BCUT2D eigenvalue weighted by molar-refractivity contribution is 6.30.